The molecule has 88 valence electrons. The summed E-state index contributed by atoms with van der Waals surface area (Å²) in [5.41, 5.74) is 3.96. The Bertz CT molecular complexity index is 344. The van der Waals surface area contributed by atoms with Gasteiger partial charge in [-0.15, -0.1) is 0 Å². The van der Waals surface area contributed by atoms with E-state index in [-0.39, 0.29) is 0 Å². The molecule has 1 rings (SSSR count). The van der Waals surface area contributed by atoms with Crippen molar-refractivity contribution in [3.05, 3.63) is 41.0 Å². The van der Waals surface area contributed by atoms with Gasteiger partial charge in [-0.25, -0.2) is 0 Å². The summed E-state index contributed by atoms with van der Waals surface area (Å²) in [5.74, 6) is 0. The Labute approximate surface area is 98.3 Å². The van der Waals surface area contributed by atoms with Gasteiger partial charge < -0.3 is 10.1 Å². The van der Waals surface area contributed by atoms with Gasteiger partial charge in [0.25, 0.3) is 0 Å². The van der Waals surface area contributed by atoms with Gasteiger partial charge in [0.05, 0.1) is 6.61 Å². The van der Waals surface area contributed by atoms with Crippen LogP contribution in [0.5, 0.6) is 0 Å². The molecule has 0 bridgehead atoms. The summed E-state index contributed by atoms with van der Waals surface area (Å²) in [6.07, 6.45) is 2.23. The first-order chi connectivity index (χ1) is 7.74. The second-order valence-corrected chi connectivity index (χ2v) is 4.02. The first kappa shape index (κ1) is 12.9. The van der Waals surface area contributed by atoms with Gasteiger partial charge in [0.1, 0.15) is 0 Å². The van der Waals surface area contributed by atoms with Crippen LogP contribution in [0.15, 0.2) is 29.8 Å². The molecule has 0 saturated carbocycles. The van der Waals surface area contributed by atoms with Crippen molar-refractivity contribution in [1.82, 2.24) is 5.32 Å². The molecule has 1 aromatic rings. The highest BCUT2D eigenvalue weighted by atomic mass is 16.5. The van der Waals surface area contributed by atoms with E-state index in [2.05, 4.69) is 49.5 Å². The Balaban J connectivity index is 2.47. The first-order valence-corrected chi connectivity index (χ1v) is 5.66. The summed E-state index contributed by atoms with van der Waals surface area (Å²) in [6.45, 7) is 6.86. The number of methoxy groups -OCH3 is 1. The summed E-state index contributed by atoms with van der Waals surface area (Å²) in [7, 11) is 1.72. The van der Waals surface area contributed by atoms with Crippen molar-refractivity contribution in [3.63, 3.8) is 0 Å². The van der Waals surface area contributed by atoms with E-state index >= 15 is 0 Å². The molecule has 0 spiro atoms. The number of benzene rings is 1. The maximum absolute atomic E-state index is 4.98. The van der Waals surface area contributed by atoms with Crippen LogP contribution in [-0.2, 0) is 4.74 Å². The molecule has 0 amide bonds. The second kappa shape index (κ2) is 7.20. The van der Waals surface area contributed by atoms with E-state index in [9.17, 15) is 0 Å². The van der Waals surface area contributed by atoms with Crippen LogP contribution in [0.2, 0.25) is 0 Å². The standard InChI is InChI=1S/C14H21NO/c1-12(11-15-8-9-16-3)10-14-7-5-4-6-13(14)2/h4-7,10,15H,8-9,11H2,1-3H3. The van der Waals surface area contributed by atoms with Gasteiger partial charge in [0, 0.05) is 20.2 Å². The van der Waals surface area contributed by atoms with Gasteiger partial charge >= 0.3 is 0 Å². The molecular weight excluding hydrogens is 198 g/mol. The molecule has 0 aromatic heterocycles. The molecule has 2 nitrogen and oxygen atoms in total. The van der Waals surface area contributed by atoms with Gasteiger partial charge in [0.2, 0.25) is 0 Å². The first-order valence-electron chi connectivity index (χ1n) is 5.66. The van der Waals surface area contributed by atoms with Crippen molar-refractivity contribution in [2.24, 2.45) is 0 Å². The predicted molar refractivity (Wildman–Crippen MR) is 69.6 cm³/mol. The van der Waals surface area contributed by atoms with E-state index in [1.165, 1.54) is 16.7 Å². The van der Waals surface area contributed by atoms with Crippen molar-refractivity contribution in [2.45, 2.75) is 13.8 Å². The van der Waals surface area contributed by atoms with Gasteiger partial charge in [-0.05, 0) is 25.0 Å². The van der Waals surface area contributed by atoms with Crippen LogP contribution in [-0.4, -0.2) is 26.8 Å². The molecule has 1 N–H and O–H groups in total. The summed E-state index contributed by atoms with van der Waals surface area (Å²) >= 11 is 0. The number of hydrogen-bond donors (Lipinski definition) is 1. The van der Waals surface area contributed by atoms with Crippen LogP contribution in [0.25, 0.3) is 6.08 Å². The maximum atomic E-state index is 4.98. The summed E-state index contributed by atoms with van der Waals surface area (Å²) < 4.78 is 4.98. The molecule has 1 aromatic carbocycles. The highest BCUT2D eigenvalue weighted by molar-refractivity contribution is 5.56. The zero-order valence-corrected chi connectivity index (χ0v) is 10.4. The molecule has 0 aliphatic carbocycles. The van der Waals surface area contributed by atoms with E-state index in [4.69, 9.17) is 4.74 Å². The lowest BCUT2D eigenvalue weighted by molar-refractivity contribution is 0.200. The fraction of sp³-hybridized carbons (Fsp3) is 0.429. The van der Waals surface area contributed by atoms with E-state index in [0.29, 0.717) is 0 Å². The lowest BCUT2D eigenvalue weighted by Gasteiger charge is -2.05. The van der Waals surface area contributed by atoms with Crippen LogP contribution >= 0.6 is 0 Å². The quantitative estimate of drug-likeness (QED) is 0.743. The molecule has 0 aliphatic rings. The van der Waals surface area contributed by atoms with E-state index in [0.717, 1.165) is 19.7 Å². The second-order valence-electron chi connectivity index (χ2n) is 4.02. The fourth-order valence-corrected chi connectivity index (χ4v) is 1.53. The lowest BCUT2D eigenvalue weighted by Crippen LogP contribution is -2.20. The number of rotatable bonds is 6. The van der Waals surface area contributed by atoms with Crippen LogP contribution in [0.3, 0.4) is 0 Å². The maximum Gasteiger partial charge on any atom is 0.0587 e. The normalized spacial score (nSPS) is 11.8. The molecular formula is C14H21NO. The average Bonchev–Trinajstić information content (AvgIpc) is 2.28. The zero-order chi connectivity index (χ0) is 11.8. The number of ether oxygens (including phenoxy) is 1. The van der Waals surface area contributed by atoms with Crippen LogP contribution in [0, 0.1) is 6.92 Å². The fourth-order valence-electron chi connectivity index (χ4n) is 1.53. The third-order valence-electron chi connectivity index (χ3n) is 2.48. The van der Waals surface area contributed by atoms with E-state index in [1.54, 1.807) is 7.11 Å². The van der Waals surface area contributed by atoms with Gasteiger partial charge in [0.15, 0.2) is 0 Å². The Hall–Kier alpha value is -1.12. The van der Waals surface area contributed by atoms with Gasteiger partial charge in [-0.2, -0.15) is 0 Å². The monoisotopic (exact) mass is 219 g/mol. The Morgan fingerprint density at radius 2 is 2.12 bits per heavy atom. The molecule has 0 saturated heterocycles. The van der Waals surface area contributed by atoms with Crippen LogP contribution < -0.4 is 5.32 Å². The molecule has 0 aliphatic heterocycles. The van der Waals surface area contributed by atoms with Crippen molar-refractivity contribution in [2.75, 3.05) is 26.8 Å². The van der Waals surface area contributed by atoms with Gasteiger partial charge in [-0.3, -0.25) is 0 Å². The SMILES string of the molecule is COCCNCC(C)=Cc1ccccc1C. The van der Waals surface area contributed by atoms with Crippen LogP contribution in [0.4, 0.5) is 0 Å². The highest BCUT2D eigenvalue weighted by Gasteiger charge is 1.94. The minimum Gasteiger partial charge on any atom is -0.383 e. The average molecular weight is 219 g/mol. The molecule has 0 radical (unpaired) electrons. The summed E-state index contributed by atoms with van der Waals surface area (Å²) in [4.78, 5) is 0. The molecule has 0 fully saturated rings. The smallest absolute Gasteiger partial charge is 0.0587 e. The number of hydrogen-bond acceptors (Lipinski definition) is 2. The number of aryl methyl sites for hydroxylation is 1. The highest BCUT2D eigenvalue weighted by Crippen LogP contribution is 2.11. The number of nitrogens with one attached hydrogen (secondary N) is 1. The van der Waals surface area contributed by atoms with Crippen molar-refractivity contribution >= 4 is 6.08 Å². The third-order valence-corrected chi connectivity index (χ3v) is 2.48. The molecule has 0 atom stereocenters. The van der Waals surface area contributed by atoms with Gasteiger partial charge in [-0.1, -0.05) is 35.9 Å². The third kappa shape index (κ3) is 4.60. The minimum absolute atomic E-state index is 0.762. The molecule has 16 heavy (non-hydrogen) atoms. The minimum atomic E-state index is 0.762. The Morgan fingerprint density at radius 1 is 1.38 bits per heavy atom. The van der Waals surface area contributed by atoms with Crippen LogP contribution in [0.1, 0.15) is 18.1 Å². The van der Waals surface area contributed by atoms with E-state index < -0.39 is 0 Å². The Morgan fingerprint density at radius 3 is 2.81 bits per heavy atom. The Kier molecular flexibility index (Phi) is 5.83. The molecule has 0 heterocycles. The van der Waals surface area contributed by atoms with E-state index in [1.807, 2.05) is 0 Å². The molecule has 0 unspecified atom stereocenters. The summed E-state index contributed by atoms with van der Waals surface area (Å²) in [6, 6.07) is 8.43. The topological polar surface area (TPSA) is 21.3 Å². The van der Waals surface area contributed by atoms with Crippen molar-refractivity contribution in [3.8, 4) is 0 Å². The summed E-state index contributed by atoms with van der Waals surface area (Å²) in [5, 5.41) is 3.33. The molecule has 2 heteroatoms. The van der Waals surface area contributed by atoms with Crippen molar-refractivity contribution < 1.29 is 4.74 Å². The van der Waals surface area contributed by atoms with Crippen molar-refractivity contribution in [1.29, 1.82) is 0 Å². The largest absolute Gasteiger partial charge is 0.383 e. The zero-order valence-electron chi connectivity index (χ0n) is 10.4. The predicted octanol–water partition coefficient (Wildman–Crippen LogP) is 2.63. The lowest BCUT2D eigenvalue weighted by atomic mass is 10.1.